The fourth-order valence-corrected chi connectivity index (χ4v) is 4.52. The summed E-state index contributed by atoms with van der Waals surface area (Å²) in [5.41, 5.74) is 2.95. The summed E-state index contributed by atoms with van der Waals surface area (Å²) >= 11 is 0. The number of rotatable bonds is 11. The summed E-state index contributed by atoms with van der Waals surface area (Å²) in [4.78, 5) is 40.2. The van der Waals surface area contributed by atoms with Gasteiger partial charge in [-0.25, -0.2) is 4.79 Å². The Morgan fingerprint density at radius 1 is 0.714 bits per heavy atom. The van der Waals surface area contributed by atoms with Crippen molar-refractivity contribution < 1.29 is 19.2 Å². The molecule has 0 aromatic heterocycles. The minimum atomic E-state index is -0.547. The zero-order valence-electron chi connectivity index (χ0n) is 19.7. The van der Waals surface area contributed by atoms with Gasteiger partial charge in [-0.05, 0) is 36.1 Å². The summed E-state index contributed by atoms with van der Waals surface area (Å²) in [5, 5.41) is 4.44. The average Bonchev–Trinajstić information content (AvgIpc) is 3.22. The van der Waals surface area contributed by atoms with Crippen molar-refractivity contribution in [3.63, 3.8) is 0 Å². The third-order valence-electron chi connectivity index (χ3n) is 6.27. The van der Waals surface area contributed by atoms with Crippen molar-refractivity contribution >= 4 is 17.8 Å². The van der Waals surface area contributed by atoms with Gasteiger partial charge < -0.3 is 4.84 Å². The van der Waals surface area contributed by atoms with E-state index in [1.165, 1.54) is 0 Å². The van der Waals surface area contributed by atoms with Crippen LogP contribution in [-0.2, 0) is 24.8 Å². The fraction of sp³-hybridized carbons (Fsp3) is 0.276. The van der Waals surface area contributed by atoms with E-state index >= 15 is 0 Å². The van der Waals surface area contributed by atoms with Gasteiger partial charge in [0.15, 0.2) is 0 Å². The summed E-state index contributed by atoms with van der Waals surface area (Å²) < 4.78 is 0. The summed E-state index contributed by atoms with van der Waals surface area (Å²) in [6.45, 7) is 0.733. The standard InChI is InChI=1S/C29H30N2O4/c32-26-20-21-27(33)31(26)35-28(34)19-11-4-12-22-30-29(23-13-5-1-6-14-23,24-15-7-2-8-16-24)25-17-9-3-10-18-25/h1-3,5-10,13-18,30H,4,11-12,19-22H2. The van der Waals surface area contributed by atoms with Crippen molar-refractivity contribution in [3.05, 3.63) is 108 Å². The number of hydrogen-bond donors (Lipinski definition) is 1. The van der Waals surface area contributed by atoms with Crippen LogP contribution in [-0.4, -0.2) is 29.4 Å². The molecule has 1 fully saturated rings. The van der Waals surface area contributed by atoms with Crippen LogP contribution in [0.2, 0.25) is 0 Å². The Kier molecular flexibility index (Phi) is 8.06. The van der Waals surface area contributed by atoms with Gasteiger partial charge in [0.25, 0.3) is 11.8 Å². The third kappa shape index (κ3) is 5.66. The van der Waals surface area contributed by atoms with Gasteiger partial charge in [0, 0.05) is 19.3 Å². The van der Waals surface area contributed by atoms with E-state index in [1.54, 1.807) is 0 Å². The predicted molar refractivity (Wildman–Crippen MR) is 133 cm³/mol. The van der Waals surface area contributed by atoms with Crippen LogP contribution in [0.1, 0.15) is 55.2 Å². The molecular weight excluding hydrogens is 440 g/mol. The van der Waals surface area contributed by atoms with E-state index in [4.69, 9.17) is 4.84 Å². The maximum absolute atomic E-state index is 12.1. The molecule has 1 aliphatic rings. The van der Waals surface area contributed by atoms with Crippen LogP contribution in [0.15, 0.2) is 91.0 Å². The van der Waals surface area contributed by atoms with E-state index in [1.807, 2.05) is 18.2 Å². The van der Waals surface area contributed by atoms with Crippen LogP contribution >= 0.6 is 0 Å². The molecule has 1 N–H and O–H groups in total. The molecule has 3 aromatic rings. The molecule has 1 heterocycles. The van der Waals surface area contributed by atoms with Crippen LogP contribution < -0.4 is 5.32 Å². The van der Waals surface area contributed by atoms with Crippen molar-refractivity contribution in [3.8, 4) is 0 Å². The number of hydroxylamine groups is 2. The molecule has 0 radical (unpaired) electrons. The van der Waals surface area contributed by atoms with Crippen molar-refractivity contribution in [1.82, 2.24) is 10.4 Å². The molecule has 6 heteroatoms. The van der Waals surface area contributed by atoms with Gasteiger partial charge in [-0.2, -0.15) is 0 Å². The molecule has 0 spiro atoms. The molecule has 35 heavy (non-hydrogen) atoms. The largest absolute Gasteiger partial charge is 0.333 e. The van der Waals surface area contributed by atoms with E-state index in [-0.39, 0.29) is 19.3 Å². The lowest BCUT2D eigenvalue weighted by molar-refractivity contribution is -0.197. The Morgan fingerprint density at radius 3 is 1.63 bits per heavy atom. The Bertz CT molecular complexity index is 1020. The number of carbonyl (C=O) groups is 3. The normalized spacial score (nSPS) is 13.8. The minimum Gasteiger partial charge on any atom is -0.330 e. The minimum absolute atomic E-state index is 0.101. The maximum atomic E-state index is 12.1. The van der Waals surface area contributed by atoms with E-state index in [9.17, 15) is 14.4 Å². The van der Waals surface area contributed by atoms with Crippen LogP contribution in [0.25, 0.3) is 0 Å². The van der Waals surface area contributed by atoms with Crippen LogP contribution in [0.5, 0.6) is 0 Å². The van der Waals surface area contributed by atoms with Crippen LogP contribution in [0.3, 0.4) is 0 Å². The van der Waals surface area contributed by atoms with Gasteiger partial charge in [0.1, 0.15) is 0 Å². The Morgan fingerprint density at radius 2 is 1.17 bits per heavy atom. The van der Waals surface area contributed by atoms with Crippen LogP contribution in [0, 0.1) is 0 Å². The first-order valence-corrected chi connectivity index (χ1v) is 12.1. The summed E-state index contributed by atoms with van der Waals surface area (Å²) in [6.07, 6.45) is 2.64. The smallest absolute Gasteiger partial charge is 0.330 e. The highest BCUT2D eigenvalue weighted by molar-refractivity contribution is 6.01. The number of benzene rings is 3. The molecule has 3 aromatic carbocycles. The Hall–Kier alpha value is -3.77. The highest BCUT2D eigenvalue weighted by Crippen LogP contribution is 2.36. The summed E-state index contributed by atoms with van der Waals surface area (Å²) in [6, 6.07) is 31.2. The number of carbonyl (C=O) groups excluding carboxylic acids is 3. The van der Waals surface area contributed by atoms with Crippen LogP contribution in [0.4, 0.5) is 0 Å². The average molecular weight is 471 g/mol. The molecule has 1 aliphatic heterocycles. The SMILES string of the molecule is O=C(CCCCCNC(c1ccccc1)(c1ccccc1)c1ccccc1)ON1C(=O)CCC1=O. The van der Waals surface area contributed by atoms with Gasteiger partial charge >= 0.3 is 5.97 Å². The van der Waals surface area contributed by atoms with Gasteiger partial charge in [-0.3, -0.25) is 14.9 Å². The first-order chi connectivity index (χ1) is 17.1. The zero-order chi connectivity index (χ0) is 24.5. The zero-order valence-corrected chi connectivity index (χ0v) is 19.7. The quantitative estimate of drug-likeness (QED) is 0.249. The lowest BCUT2D eigenvalue weighted by atomic mass is 9.77. The second-order valence-corrected chi connectivity index (χ2v) is 8.63. The second-order valence-electron chi connectivity index (χ2n) is 8.63. The number of nitrogens with one attached hydrogen (secondary N) is 1. The predicted octanol–water partition coefficient (Wildman–Crippen LogP) is 4.74. The molecule has 0 saturated carbocycles. The maximum Gasteiger partial charge on any atom is 0.333 e. The number of hydrogen-bond acceptors (Lipinski definition) is 5. The molecule has 180 valence electrons. The number of nitrogens with zero attached hydrogens (tertiary/aromatic N) is 1. The number of imide groups is 1. The Balaban J connectivity index is 1.41. The van der Waals surface area contributed by atoms with Crippen molar-refractivity contribution in [2.75, 3.05) is 6.54 Å². The Labute approximate surface area is 205 Å². The first-order valence-electron chi connectivity index (χ1n) is 12.1. The lowest BCUT2D eigenvalue weighted by Crippen LogP contribution is -2.45. The first kappa shape index (κ1) is 24.4. The topological polar surface area (TPSA) is 75.7 Å². The number of unbranched alkanes of at least 4 members (excludes halogenated alkanes) is 2. The molecule has 6 nitrogen and oxygen atoms in total. The second kappa shape index (κ2) is 11.6. The highest BCUT2D eigenvalue weighted by atomic mass is 16.7. The molecule has 0 atom stereocenters. The summed E-state index contributed by atoms with van der Waals surface area (Å²) in [7, 11) is 0. The third-order valence-corrected chi connectivity index (χ3v) is 6.27. The molecule has 2 amide bonds. The van der Waals surface area contributed by atoms with Gasteiger partial charge in [-0.15, -0.1) is 5.06 Å². The van der Waals surface area contributed by atoms with Crippen molar-refractivity contribution in [2.45, 2.75) is 44.1 Å². The van der Waals surface area contributed by atoms with E-state index in [0.717, 1.165) is 36.1 Å². The molecule has 0 aliphatic carbocycles. The monoisotopic (exact) mass is 470 g/mol. The fourth-order valence-electron chi connectivity index (χ4n) is 4.52. The van der Waals surface area contributed by atoms with Crippen molar-refractivity contribution in [1.29, 1.82) is 0 Å². The van der Waals surface area contributed by atoms with Crippen molar-refractivity contribution in [2.24, 2.45) is 0 Å². The molecule has 4 rings (SSSR count). The van der Waals surface area contributed by atoms with Gasteiger partial charge in [0.2, 0.25) is 0 Å². The van der Waals surface area contributed by atoms with E-state index in [0.29, 0.717) is 11.5 Å². The van der Waals surface area contributed by atoms with E-state index < -0.39 is 23.3 Å². The van der Waals surface area contributed by atoms with Gasteiger partial charge in [-0.1, -0.05) is 97.4 Å². The van der Waals surface area contributed by atoms with Gasteiger partial charge in [0.05, 0.1) is 5.54 Å². The molecule has 0 unspecified atom stereocenters. The molecular formula is C29H30N2O4. The summed E-state index contributed by atoms with van der Waals surface area (Å²) in [5.74, 6) is -1.45. The number of amides is 2. The van der Waals surface area contributed by atoms with E-state index in [2.05, 4.69) is 78.1 Å². The lowest BCUT2D eigenvalue weighted by Gasteiger charge is -2.37. The molecule has 0 bridgehead atoms. The highest BCUT2D eigenvalue weighted by Gasteiger charge is 2.35. The molecule has 1 saturated heterocycles.